The monoisotopic (exact) mass is 446 g/mol. The Morgan fingerprint density at radius 1 is 0.600 bits per heavy atom. The number of fused-ring (bicyclic) bond motifs is 14. The van der Waals surface area contributed by atoms with Crippen molar-refractivity contribution in [3.05, 3.63) is 108 Å². The van der Waals surface area contributed by atoms with Gasteiger partial charge in [0.2, 0.25) is 0 Å². The van der Waals surface area contributed by atoms with Gasteiger partial charge in [-0.15, -0.1) is 0 Å². The van der Waals surface area contributed by atoms with Crippen LogP contribution in [-0.4, -0.2) is 19.4 Å². The van der Waals surface area contributed by atoms with Crippen LogP contribution in [0.5, 0.6) is 0 Å². The number of hydrogen-bond acceptors (Lipinski definition) is 3. The van der Waals surface area contributed by atoms with Gasteiger partial charge in [0.05, 0.1) is 11.0 Å². The quantitative estimate of drug-likeness (QED) is 0.243. The molecule has 0 fully saturated rings. The summed E-state index contributed by atoms with van der Waals surface area (Å²) in [4.78, 5) is 14.0. The zero-order chi connectivity index (χ0) is 22.7. The Kier molecular flexibility index (Phi) is 3.11. The molecule has 4 nitrogen and oxygen atoms in total. The average molecular weight is 447 g/mol. The van der Waals surface area contributed by atoms with E-state index >= 15 is 0 Å². The highest BCUT2D eigenvalue weighted by Gasteiger charge is 2.26. The summed E-state index contributed by atoms with van der Waals surface area (Å²) in [6.45, 7) is 0. The summed E-state index contributed by atoms with van der Waals surface area (Å²) in [5.41, 5.74) is 15.0. The first-order valence-electron chi connectivity index (χ1n) is 12.0. The van der Waals surface area contributed by atoms with Crippen LogP contribution in [0.1, 0.15) is 22.3 Å². The number of pyridine rings is 3. The Balaban J connectivity index is 1.39. The zero-order valence-electron chi connectivity index (χ0n) is 18.8. The second-order valence-corrected chi connectivity index (χ2v) is 9.74. The Bertz CT molecular complexity index is 2070. The summed E-state index contributed by atoms with van der Waals surface area (Å²) < 4.78 is 2.24. The molecule has 0 amide bonds. The minimum atomic E-state index is 0.775. The van der Waals surface area contributed by atoms with Gasteiger partial charge in [-0.3, -0.25) is 9.38 Å². The SMILES string of the molecule is c1ccc2c(c1)Cc1cc3c(cc1-2)-c1cc2c4cnccc4n4c5cccnc5nc4c2cc1C3. The normalized spacial score (nSPS) is 13.5. The molecule has 2 aliphatic rings. The maximum Gasteiger partial charge on any atom is 0.178 e. The highest BCUT2D eigenvalue weighted by Crippen LogP contribution is 2.46. The average Bonchev–Trinajstić information content (AvgIpc) is 3.57. The highest BCUT2D eigenvalue weighted by atomic mass is 15.1. The second-order valence-electron chi connectivity index (χ2n) is 9.74. The fraction of sp³-hybridized carbons (Fsp3) is 0.0645. The predicted molar refractivity (Wildman–Crippen MR) is 140 cm³/mol. The Labute approximate surface area is 200 Å². The lowest BCUT2D eigenvalue weighted by Gasteiger charge is -2.11. The van der Waals surface area contributed by atoms with Gasteiger partial charge < -0.3 is 0 Å². The number of imidazole rings is 1. The lowest BCUT2D eigenvalue weighted by Crippen LogP contribution is -1.93. The molecule has 162 valence electrons. The van der Waals surface area contributed by atoms with E-state index in [1.165, 1.54) is 49.9 Å². The molecular formula is C31H18N4. The van der Waals surface area contributed by atoms with E-state index in [9.17, 15) is 0 Å². The number of benzene rings is 3. The molecule has 0 bridgehead atoms. The van der Waals surface area contributed by atoms with Crippen molar-refractivity contribution in [3.8, 4) is 22.3 Å². The van der Waals surface area contributed by atoms with E-state index in [-0.39, 0.29) is 0 Å². The first-order valence-corrected chi connectivity index (χ1v) is 12.0. The second kappa shape index (κ2) is 6.10. The van der Waals surface area contributed by atoms with E-state index in [0.717, 1.165) is 45.9 Å². The number of rotatable bonds is 0. The third-order valence-electron chi connectivity index (χ3n) is 7.93. The smallest absolute Gasteiger partial charge is 0.178 e. The molecule has 4 heteroatoms. The molecule has 35 heavy (non-hydrogen) atoms. The molecule has 4 aromatic heterocycles. The highest BCUT2D eigenvalue weighted by molar-refractivity contribution is 6.15. The Hall–Kier alpha value is -4.57. The van der Waals surface area contributed by atoms with Crippen molar-refractivity contribution in [2.45, 2.75) is 12.8 Å². The summed E-state index contributed by atoms with van der Waals surface area (Å²) in [6, 6.07) is 24.6. The topological polar surface area (TPSA) is 43.1 Å². The van der Waals surface area contributed by atoms with Crippen LogP contribution in [-0.2, 0) is 12.8 Å². The van der Waals surface area contributed by atoms with Crippen LogP contribution in [0.25, 0.3) is 60.7 Å². The van der Waals surface area contributed by atoms with Crippen LogP contribution in [0.4, 0.5) is 0 Å². The molecule has 0 saturated carbocycles. The molecule has 0 N–H and O–H groups in total. The van der Waals surface area contributed by atoms with Gasteiger partial charge in [-0.05, 0) is 99.1 Å². The molecule has 2 aliphatic carbocycles. The largest absolute Gasteiger partial charge is 0.290 e. The van der Waals surface area contributed by atoms with Gasteiger partial charge in [-0.25, -0.2) is 9.97 Å². The summed E-state index contributed by atoms with van der Waals surface area (Å²) >= 11 is 0. The van der Waals surface area contributed by atoms with Crippen molar-refractivity contribution >= 4 is 38.5 Å². The fourth-order valence-corrected chi connectivity index (χ4v) is 6.41. The molecule has 0 unspecified atom stereocenters. The van der Waals surface area contributed by atoms with E-state index in [1.54, 1.807) is 0 Å². The first kappa shape index (κ1) is 17.8. The maximum absolute atomic E-state index is 4.98. The first-order chi connectivity index (χ1) is 17.3. The molecule has 7 aromatic rings. The number of hydrogen-bond donors (Lipinski definition) is 0. The third-order valence-corrected chi connectivity index (χ3v) is 7.93. The van der Waals surface area contributed by atoms with Crippen molar-refractivity contribution in [1.29, 1.82) is 0 Å². The van der Waals surface area contributed by atoms with Gasteiger partial charge in [-0.2, -0.15) is 0 Å². The minimum Gasteiger partial charge on any atom is -0.290 e. The zero-order valence-corrected chi connectivity index (χ0v) is 18.8. The van der Waals surface area contributed by atoms with Gasteiger partial charge >= 0.3 is 0 Å². The minimum absolute atomic E-state index is 0.775. The lowest BCUT2D eigenvalue weighted by atomic mass is 9.96. The number of aromatic nitrogens is 4. The van der Waals surface area contributed by atoms with Crippen molar-refractivity contribution in [2.24, 2.45) is 0 Å². The molecule has 0 aliphatic heterocycles. The van der Waals surface area contributed by atoms with E-state index in [0.29, 0.717) is 0 Å². The molecular weight excluding hydrogens is 428 g/mol. The molecule has 4 heterocycles. The summed E-state index contributed by atoms with van der Waals surface area (Å²) in [5.74, 6) is 0. The lowest BCUT2D eigenvalue weighted by molar-refractivity contribution is 1.21. The molecule has 0 radical (unpaired) electrons. The standard InChI is InChI=1S/C31H18N4/c1-2-5-21-17(4-1)10-18-11-19-12-20-13-26-25(15-24(20)23(19)14-22(18)21)27-16-32-9-7-28(27)35-29-6-3-8-33-30(29)34-31(26)35/h1-9,11,13-16H,10,12H2. The van der Waals surface area contributed by atoms with Crippen molar-refractivity contribution in [2.75, 3.05) is 0 Å². The third kappa shape index (κ3) is 2.20. The van der Waals surface area contributed by atoms with Crippen LogP contribution >= 0.6 is 0 Å². The van der Waals surface area contributed by atoms with Crippen molar-refractivity contribution < 1.29 is 0 Å². The summed E-state index contributed by atoms with van der Waals surface area (Å²) in [5, 5.41) is 3.50. The number of nitrogens with zero attached hydrogens (tertiary/aromatic N) is 4. The molecule has 9 rings (SSSR count). The molecule has 3 aromatic carbocycles. The summed E-state index contributed by atoms with van der Waals surface area (Å²) in [6.07, 6.45) is 7.65. The van der Waals surface area contributed by atoms with Gasteiger partial charge in [0.25, 0.3) is 0 Å². The van der Waals surface area contributed by atoms with Gasteiger partial charge in [0, 0.05) is 29.4 Å². The maximum atomic E-state index is 4.98. The van der Waals surface area contributed by atoms with E-state index < -0.39 is 0 Å². The molecule has 0 spiro atoms. The van der Waals surface area contributed by atoms with E-state index in [4.69, 9.17) is 4.98 Å². The Morgan fingerprint density at radius 2 is 1.43 bits per heavy atom. The molecule has 0 atom stereocenters. The van der Waals surface area contributed by atoms with Gasteiger partial charge in [-0.1, -0.05) is 30.3 Å². The Morgan fingerprint density at radius 3 is 2.40 bits per heavy atom. The summed E-state index contributed by atoms with van der Waals surface area (Å²) in [7, 11) is 0. The van der Waals surface area contributed by atoms with E-state index in [2.05, 4.69) is 75.0 Å². The van der Waals surface area contributed by atoms with Crippen LogP contribution in [0.15, 0.2) is 85.3 Å². The van der Waals surface area contributed by atoms with Crippen molar-refractivity contribution in [1.82, 2.24) is 19.4 Å². The van der Waals surface area contributed by atoms with Gasteiger partial charge in [0.1, 0.15) is 5.65 Å². The van der Waals surface area contributed by atoms with E-state index in [1.807, 2.05) is 24.7 Å². The van der Waals surface area contributed by atoms with Crippen LogP contribution in [0, 0.1) is 0 Å². The van der Waals surface area contributed by atoms with Crippen LogP contribution in [0.2, 0.25) is 0 Å². The van der Waals surface area contributed by atoms with Crippen LogP contribution < -0.4 is 0 Å². The predicted octanol–water partition coefficient (Wildman–Crippen LogP) is 6.73. The van der Waals surface area contributed by atoms with Crippen molar-refractivity contribution in [3.63, 3.8) is 0 Å². The van der Waals surface area contributed by atoms with Crippen LogP contribution in [0.3, 0.4) is 0 Å². The molecule has 0 saturated heterocycles. The van der Waals surface area contributed by atoms with Gasteiger partial charge in [0.15, 0.2) is 5.65 Å². The fourth-order valence-electron chi connectivity index (χ4n) is 6.41.